The van der Waals surface area contributed by atoms with E-state index in [0.29, 0.717) is 11.3 Å². The van der Waals surface area contributed by atoms with Crippen LogP contribution in [0.4, 0.5) is 17.2 Å². The van der Waals surface area contributed by atoms with Crippen molar-refractivity contribution < 1.29 is 27.6 Å². The van der Waals surface area contributed by atoms with E-state index < -0.39 is 49.8 Å². The number of benzene rings is 1. The van der Waals surface area contributed by atoms with Gasteiger partial charge >= 0.3 is 17.5 Å². The summed E-state index contributed by atoms with van der Waals surface area (Å²) in [5.41, 5.74) is -0.0819. The third kappa shape index (κ3) is 5.79. The molecular weight excluding hydrogens is 444 g/mol. The molecule has 1 aromatic carbocycles. The van der Waals surface area contributed by atoms with Gasteiger partial charge in [0.1, 0.15) is 6.54 Å². The van der Waals surface area contributed by atoms with Gasteiger partial charge in [-0.15, -0.1) is 0 Å². The number of aromatic nitrogens is 2. The summed E-state index contributed by atoms with van der Waals surface area (Å²) >= 11 is 0. The minimum Gasteiger partial charge on any atom is -0.465 e. The van der Waals surface area contributed by atoms with E-state index in [0.717, 1.165) is 6.26 Å². The zero-order chi connectivity index (χ0) is 24.1. The van der Waals surface area contributed by atoms with Gasteiger partial charge in [0.25, 0.3) is 5.16 Å². The second-order valence-electron chi connectivity index (χ2n) is 6.49. The SMILES string of the molecule is CCOC(=O)CNc1nc(S(C)(=O)=O)nc(Oc2ccc(C#N)cc2N(C)C)c1[N+](=O)[O-]. The van der Waals surface area contributed by atoms with Crippen LogP contribution in [-0.4, -0.2) is 62.8 Å². The van der Waals surface area contributed by atoms with Gasteiger partial charge in [0, 0.05) is 20.4 Å². The highest BCUT2D eigenvalue weighted by Crippen LogP contribution is 2.39. The van der Waals surface area contributed by atoms with E-state index in [4.69, 9.17) is 14.7 Å². The molecule has 0 saturated heterocycles. The molecule has 0 aliphatic rings. The van der Waals surface area contributed by atoms with Crippen molar-refractivity contribution in [1.82, 2.24) is 9.97 Å². The summed E-state index contributed by atoms with van der Waals surface area (Å²) in [5, 5.41) is 22.5. The maximum atomic E-state index is 12.1. The molecule has 170 valence electrons. The van der Waals surface area contributed by atoms with Gasteiger partial charge < -0.3 is 19.7 Å². The van der Waals surface area contributed by atoms with E-state index in [-0.39, 0.29) is 12.4 Å². The lowest BCUT2D eigenvalue weighted by Gasteiger charge is -2.18. The van der Waals surface area contributed by atoms with Crippen LogP contribution in [0.5, 0.6) is 11.6 Å². The van der Waals surface area contributed by atoms with Crippen LogP contribution in [0, 0.1) is 21.4 Å². The second-order valence-corrected chi connectivity index (χ2v) is 8.40. The quantitative estimate of drug-likeness (QED) is 0.245. The first-order valence-electron chi connectivity index (χ1n) is 9.03. The fourth-order valence-corrected chi connectivity index (χ4v) is 2.94. The highest BCUT2D eigenvalue weighted by atomic mass is 32.2. The van der Waals surface area contributed by atoms with Crippen molar-refractivity contribution in [1.29, 1.82) is 5.26 Å². The van der Waals surface area contributed by atoms with Gasteiger partial charge in [0.15, 0.2) is 5.75 Å². The van der Waals surface area contributed by atoms with Gasteiger partial charge in [-0.3, -0.25) is 14.9 Å². The van der Waals surface area contributed by atoms with Crippen LogP contribution in [0.3, 0.4) is 0 Å². The summed E-state index contributed by atoms with van der Waals surface area (Å²) in [4.78, 5) is 31.6. The van der Waals surface area contributed by atoms with E-state index in [1.54, 1.807) is 25.9 Å². The summed E-state index contributed by atoms with van der Waals surface area (Å²) in [7, 11) is -0.685. The van der Waals surface area contributed by atoms with Gasteiger partial charge in [0.05, 0.1) is 28.9 Å². The van der Waals surface area contributed by atoms with Gasteiger partial charge in [-0.1, -0.05) is 0 Å². The number of nitrogens with zero attached hydrogens (tertiary/aromatic N) is 5. The number of rotatable bonds is 9. The number of hydrogen-bond donors (Lipinski definition) is 1. The smallest absolute Gasteiger partial charge is 0.373 e. The van der Waals surface area contributed by atoms with Gasteiger partial charge in [0.2, 0.25) is 15.7 Å². The fourth-order valence-electron chi connectivity index (χ4n) is 2.43. The Morgan fingerprint density at radius 3 is 2.56 bits per heavy atom. The Labute approximate surface area is 183 Å². The molecule has 0 spiro atoms. The van der Waals surface area contributed by atoms with Crippen molar-refractivity contribution >= 4 is 33.0 Å². The zero-order valence-electron chi connectivity index (χ0n) is 17.6. The molecule has 0 fully saturated rings. The fraction of sp³-hybridized carbons (Fsp3) is 0.333. The van der Waals surface area contributed by atoms with E-state index in [2.05, 4.69) is 15.3 Å². The number of esters is 1. The van der Waals surface area contributed by atoms with E-state index in [1.807, 2.05) is 6.07 Å². The first kappa shape index (κ1) is 24.3. The molecule has 0 bridgehead atoms. The summed E-state index contributed by atoms with van der Waals surface area (Å²) in [6, 6.07) is 6.27. The molecule has 2 rings (SSSR count). The van der Waals surface area contributed by atoms with Crippen LogP contribution in [0.25, 0.3) is 0 Å². The van der Waals surface area contributed by atoms with Crippen molar-refractivity contribution in [3.63, 3.8) is 0 Å². The average molecular weight is 464 g/mol. The summed E-state index contributed by atoms with van der Waals surface area (Å²) in [6.45, 7) is 1.16. The van der Waals surface area contributed by atoms with Crippen molar-refractivity contribution in [3.05, 3.63) is 33.9 Å². The highest BCUT2D eigenvalue weighted by molar-refractivity contribution is 7.90. The monoisotopic (exact) mass is 464 g/mol. The van der Waals surface area contributed by atoms with Crippen LogP contribution >= 0.6 is 0 Å². The van der Waals surface area contributed by atoms with Gasteiger partial charge in [-0.05, 0) is 25.1 Å². The predicted molar refractivity (Wildman–Crippen MR) is 112 cm³/mol. The van der Waals surface area contributed by atoms with Crippen LogP contribution in [0.1, 0.15) is 12.5 Å². The third-order valence-electron chi connectivity index (χ3n) is 3.83. The Morgan fingerprint density at radius 2 is 2.03 bits per heavy atom. The maximum absolute atomic E-state index is 12.1. The molecule has 1 N–H and O–H groups in total. The molecule has 0 aliphatic carbocycles. The minimum absolute atomic E-state index is 0.0755. The molecule has 32 heavy (non-hydrogen) atoms. The molecule has 0 unspecified atom stereocenters. The molecule has 13 nitrogen and oxygen atoms in total. The number of carbonyl (C=O) groups is 1. The molecule has 0 amide bonds. The number of anilines is 2. The molecule has 1 heterocycles. The molecule has 0 saturated carbocycles. The standard InChI is InChI=1S/C18H20N6O7S/c1-5-30-14(25)10-20-16-15(24(26)27)17(22-18(21-16)32(4,28)29)31-13-7-6-11(9-19)8-12(13)23(2)3/h6-8H,5,10H2,1-4H3,(H,20,21,22). The van der Waals surface area contributed by atoms with Gasteiger partial charge in [-0.2, -0.15) is 15.2 Å². The second kappa shape index (κ2) is 9.88. The van der Waals surface area contributed by atoms with E-state index in [9.17, 15) is 23.3 Å². The molecule has 0 radical (unpaired) electrons. The number of nitriles is 1. The number of ether oxygens (including phenoxy) is 2. The normalized spacial score (nSPS) is 10.7. The largest absolute Gasteiger partial charge is 0.465 e. The van der Waals surface area contributed by atoms with Crippen molar-refractivity contribution in [2.24, 2.45) is 0 Å². The molecular formula is C18H20N6O7S. The Hall–Kier alpha value is -3.99. The Kier molecular flexibility index (Phi) is 7.50. The Balaban J connectivity index is 2.65. The molecule has 14 heteroatoms. The third-order valence-corrected chi connectivity index (χ3v) is 4.67. The van der Waals surface area contributed by atoms with Crippen LogP contribution in [0.15, 0.2) is 23.4 Å². The number of carbonyl (C=O) groups excluding carboxylic acids is 1. The highest BCUT2D eigenvalue weighted by Gasteiger charge is 2.30. The topological polar surface area (TPSA) is 178 Å². The molecule has 0 atom stereocenters. The molecule has 1 aromatic heterocycles. The van der Waals surface area contributed by atoms with Crippen molar-refractivity contribution in [2.75, 3.05) is 43.7 Å². The van der Waals surface area contributed by atoms with Crippen LogP contribution in [0.2, 0.25) is 0 Å². The number of nitro groups is 1. The number of hydrogen-bond acceptors (Lipinski definition) is 12. The average Bonchev–Trinajstić information content (AvgIpc) is 2.71. The lowest BCUT2D eigenvalue weighted by Crippen LogP contribution is -2.19. The number of sulfone groups is 1. The predicted octanol–water partition coefficient (Wildman–Crippen LogP) is 1.49. The minimum atomic E-state index is -4.00. The first-order chi connectivity index (χ1) is 15.0. The van der Waals surface area contributed by atoms with Crippen LogP contribution in [-0.2, 0) is 19.4 Å². The summed E-state index contributed by atoms with van der Waals surface area (Å²) in [5.74, 6) is -1.85. The summed E-state index contributed by atoms with van der Waals surface area (Å²) < 4.78 is 34.5. The van der Waals surface area contributed by atoms with Crippen LogP contribution < -0.4 is 15.0 Å². The Morgan fingerprint density at radius 1 is 1.34 bits per heavy atom. The maximum Gasteiger partial charge on any atom is 0.373 e. The molecule has 2 aromatic rings. The molecule has 0 aliphatic heterocycles. The van der Waals surface area contributed by atoms with E-state index in [1.165, 1.54) is 18.2 Å². The van der Waals surface area contributed by atoms with Crippen molar-refractivity contribution in [2.45, 2.75) is 12.1 Å². The van der Waals surface area contributed by atoms with Crippen molar-refractivity contribution in [3.8, 4) is 17.7 Å². The van der Waals surface area contributed by atoms with Gasteiger partial charge in [-0.25, -0.2) is 8.42 Å². The lowest BCUT2D eigenvalue weighted by molar-refractivity contribution is -0.385. The Bertz CT molecular complexity index is 1190. The summed E-state index contributed by atoms with van der Waals surface area (Å²) in [6.07, 6.45) is 0.819. The first-order valence-corrected chi connectivity index (χ1v) is 10.9. The number of nitrogens with one attached hydrogen (secondary N) is 1. The van der Waals surface area contributed by atoms with E-state index >= 15 is 0 Å². The lowest BCUT2D eigenvalue weighted by atomic mass is 10.2. The zero-order valence-corrected chi connectivity index (χ0v) is 18.5.